The smallest absolute Gasteiger partial charge is 0.323 e. The summed E-state index contributed by atoms with van der Waals surface area (Å²) < 4.78 is 2.58. The van der Waals surface area contributed by atoms with E-state index in [0.717, 1.165) is 22.3 Å². The third kappa shape index (κ3) is 2.24. The highest BCUT2D eigenvalue weighted by atomic mass is 79.9. The lowest BCUT2D eigenvalue weighted by atomic mass is 9.99. The number of hydrogen-bond donors (Lipinski definition) is 1. The number of halogens is 1. The van der Waals surface area contributed by atoms with Crippen molar-refractivity contribution in [2.45, 2.75) is 45.7 Å². The first-order chi connectivity index (χ1) is 9.34. The highest BCUT2D eigenvalue weighted by molar-refractivity contribution is 9.10. The monoisotopic (exact) mass is 342 g/mol. The van der Waals surface area contributed by atoms with Crippen LogP contribution in [0.2, 0.25) is 0 Å². The van der Waals surface area contributed by atoms with Crippen molar-refractivity contribution in [1.82, 2.24) is 20.0 Å². The Bertz CT molecular complexity index is 569. The van der Waals surface area contributed by atoms with Crippen molar-refractivity contribution in [3.8, 4) is 0 Å². The maximum absolute atomic E-state index is 12.4. The Labute approximate surface area is 126 Å². The van der Waals surface area contributed by atoms with Gasteiger partial charge in [0.1, 0.15) is 5.54 Å². The quantitative estimate of drug-likeness (QED) is 0.850. The van der Waals surface area contributed by atoms with Gasteiger partial charge in [-0.1, -0.05) is 13.8 Å². The molecular formula is C13H19BrN4O2. The third-order valence-corrected chi connectivity index (χ3v) is 4.78. The van der Waals surface area contributed by atoms with Crippen LogP contribution in [0, 0.1) is 0 Å². The van der Waals surface area contributed by atoms with Gasteiger partial charge in [-0.25, -0.2) is 4.79 Å². The minimum Gasteiger partial charge on any atom is -0.323 e. The van der Waals surface area contributed by atoms with Crippen LogP contribution in [0.1, 0.15) is 38.6 Å². The van der Waals surface area contributed by atoms with Crippen LogP contribution in [0.4, 0.5) is 4.79 Å². The fraction of sp³-hybridized carbons (Fsp3) is 0.615. The van der Waals surface area contributed by atoms with Crippen molar-refractivity contribution in [2.24, 2.45) is 7.05 Å². The summed E-state index contributed by atoms with van der Waals surface area (Å²) in [6.07, 6.45) is 1.36. The van der Waals surface area contributed by atoms with Crippen molar-refractivity contribution >= 4 is 27.9 Å². The summed E-state index contributed by atoms with van der Waals surface area (Å²) in [5.41, 5.74) is 0.953. The van der Waals surface area contributed by atoms with Crippen molar-refractivity contribution in [3.63, 3.8) is 0 Å². The normalized spacial score (nSPS) is 22.6. The molecule has 1 aliphatic heterocycles. The van der Waals surface area contributed by atoms with Crippen LogP contribution in [0.5, 0.6) is 0 Å². The highest BCUT2D eigenvalue weighted by Crippen LogP contribution is 2.27. The molecule has 110 valence electrons. The zero-order valence-electron chi connectivity index (χ0n) is 12.2. The average Bonchev–Trinajstić information content (AvgIpc) is 2.80. The van der Waals surface area contributed by atoms with E-state index in [2.05, 4.69) is 26.3 Å². The van der Waals surface area contributed by atoms with Gasteiger partial charge in [-0.3, -0.25) is 14.4 Å². The van der Waals surface area contributed by atoms with Crippen molar-refractivity contribution < 1.29 is 9.59 Å². The molecule has 0 bridgehead atoms. The zero-order valence-corrected chi connectivity index (χ0v) is 13.7. The Morgan fingerprint density at radius 2 is 2.00 bits per heavy atom. The highest BCUT2D eigenvalue weighted by Gasteiger charge is 2.46. The number of carbonyl (C=O) groups is 2. The largest absolute Gasteiger partial charge is 0.325 e. The first-order valence-corrected chi connectivity index (χ1v) is 7.47. The number of aromatic nitrogens is 2. The summed E-state index contributed by atoms with van der Waals surface area (Å²) in [4.78, 5) is 25.6. The van der Waals surface area contributed by atoms with Crippen LogP contribution >= 0.6 is 15.9 Å². The lowest BCUT2D eigenvalue weighted by Gasteiger charge is -2.19. The topological polar surface area (TPSA) is 67.2 Å². The fourth-order valence-electron chi connectivity index (χ4n) is 2.27. The van der Waals surface area contributed by atoms with Gasteiger partial charge >= 0.3 is 6.03 Å². The molecule has 1 aliphatic rings. The van der Waals surface area contributed by atoms with Crippen molar-refractivity contribution in [2.75, 3.05) is 0 Å². The number of imide groups is 1. The molecular weight excluding hydrogens is 324 g/mol. The Morgan fingerprint density at radius 1 is 1.35 bits per heavy atom. The van der Waals surface area contributed by atoms with Crippen molar-refractivity contribution in [3.05, 3.63) is 15.9 Å². The van der Waals surface area contributed by atoms with Gasteiger partial charge in [0, 0.05) is 7.05 Å². The molecule has 1 fully saturated rings. The van der Waals surface area contributed by atoms with E-state index >= 15 is 0 Å². The number of amides is 3. The summed E-state index contributed by atoms with van der Waals surface area (Å²) in [6.45, 7) is 5.88. The number of nitrogens with one attached hydrogen (secondary N) is 1. The van der Waals surface area contributed by atoms with Gasteiger partial charge in [-0.2, -0.15) is 5.10 Å². The van der Waals surface area contributed by atoms with Crippen molar-refractivity contribution in [1.29, 1.82) is 0 Å². The molecule has 0 aliphatic carbocycles. The van der Waals surface area contributed by atoms with Gasteiger partial charge in [-0.15, -0.1) is 0 Å². The Balaban J connectivity index is 2.29. The lowest BCUT2D eigenvalue weighted by molar-refractivity contribution is -0.131. The Hall–Kier alpha value is -1.37. The molecule has 0 saturated carbocycles. The molecule has 7 heteroatoms. The van der Waals surface area contributed by atoms with Crippen LogP contribution in [0.3, 0.4) is 0 Å². The maximum atomic E-state index is 12.4. The molecule has 0 spiro atoms. The predicted octanol–water partition coefficient (Wildman–Crippen LogP) is 1.97. The summed E-state index contributed by atoms with van der Waals surface area (Å²) in [5.74, 6) is -0.184. The third-order valence-electron chi connectivity index (χ3n) is 3.86. The molecule has 0 radical (unpaired) electrons. The zero-order chi connectivity index (χ0) is 15.1. The minimum atomic E-state index is -0.796. The van der Waals surface area contributed by atoms with Crippen LogP contribution < -0.4 is 5.32 Å². The van der Waals surface area contributed by atoms with Gasteiger partial charge in [0.15, 0.2) is 0 Å². The molecule has 1 unspecified atom stereocenters. The molecule has 1 atom stereocenters. The number of rotatable bonds is 4. The van der Waals surface area contributed by atoms with Gasteiger partial charge < -0.3 is 5.32 Å². The molecule has 1 saturated heterocycles. The molecule has 1 aromatic heterocycles. The standard InChI is InChI=1S/C13H19BrN4O2/c1-5-8-10(14)9(17(4)16-8)7-18-11(19)13(3,6-2)15-12(18)20/h5-7H2,1-4H3,(H,15,20). The molecule has 1 aromatic rings. The van der Waals surface area contributed by atoms with E-state index in [1.165, 1.54) is 4.90 Å². The second kappa shape index (κ2) is 5.20. The van der Waals surface area contributed by atoms with E-state index in [9.17, 15) is 9.59 Å². The van der Waals surface area contributed by atoms with Gasteiger partial charge in [0.25, 0.3) is 5.91 Å². The second-order valence-electron chi connectivity index (χ2n) is 5.19. The van der Waals surface area contributed by atoms with Gasteiger partial charge in [-0.05, 0) is 35.7 Å². The van der Waals surface area contributed by atoms with E-state index in [1.807, 2.05) is 20.9 Å². The van der Waals surface area contributed by atoms with E-state index < -0.39 is 5.54 Å². The predicted molar refractivity (Wildman–Crippen MR) is 78.1 cm³/mol. The molecule has 2 rings (SSSR count). The second-order valence-corrected chi connectivity index (χ2v) is 5.98. The first-order valence-electron chi connectivity index (χ1n) is 6.68. The summed E-state index contributed by atoms with van der Waals surface area (Å²) in [7, 11) is 1.82. The number of hydrogen-bond acceptors (Lipinski definition) is 3. The number of nitrogens with zero attached hydrogens (tertiary/aromatic N) is 3. The van der Waals surface area contributed by atoms with E-state index in [0.29, 0.717) is 6.42 Å². The Kier molecular flexibility index (Phi) is 3.90. The summed E-state index contributed by atoms with van der Waals surface area (Å²) in [5, 5.41) is 7.13. The minimum absolute atomic E-state index is 0.184. The molecule has 0 aromatic carbocycles. The first kappa shape index (κ1) is 15.0. The Morgan fingerprint density at radius 3 is 2.45 bits per heavy atom. The van der Waals surface area contributed by atoms with Crippen LogP contribution in [0.25, 0.3) is 0 Å². The van der Waals surface area contributed by atoms with Gasteiger partial charge in [0.2, 0.25) is 0 Å². The molecule has 2 heterocycles. The molecule has 20 heavy (non-hydrogen) atoms. The van der Waals surface area contributed by atoms with E-state index in [4.69, 9.17) is 0 Å². The summed E-state index contributed by atoms with van der Waals surface area (Å²) >= 11 is 3.50. The molecule has 6 nitrogen and oxygen atoms in total. The number of aryl methyl sites for hydroxylation is 2. The molecule has 1 N–H and O–H groups in total. The molecule has 3 amide bonds. The number of urea groups is 1. The van der Waals surface area contributed by atoms with E-state index in [-0.39, 0.29) is 18.5 Å². The van der Waals surface area contributed by atoms with Gasteiger partial charge in [0.05, 0.1) is 22.4 Å². The summed E-state index contributed by atoms with van der Waals surface area (Å²) in [6, 6.07) is -0.342. The maximum Gasteiger partial charge on any atom is 0.325 e. The van der Waals surface area contributed by atoms with Crippen LogP contribution in [-0.4, -0.2) is 32.2 Å². The van der Waals surface area contributed by atoms with E-state index in [1.54, 1.807) is 11.6 Å². The number of carbonyl (C=O) groups excluding carboxylic acids is 2. The lowest BCUT2D eigenvalue weighted by Crippen LogP contribution is -2.43. The van der Waals surface area contributed by atoms with Crippen LogP contribution in [0.15, 0.2) is 4.47 Å². The fourth-order valence-corrected chi connectivity index (χ4v) is 3.01. The average molecular weight is 343 g/mol. The SMILES string of the molecule is CCc1nn(C)c(CN2C(=O)NC(C)(CC)C2=O)c1Br. The van der Waals surface area contributed by atoms with Crippen LogP contribution in [-0.2, 0) is 24.8 Å².